The van der Waals surface area contributed by atoms with Gasteiger partial charge in [-0.3, -0.25) is 9.59 Å². The van der Waals surface area contributed by atoms with Gasteiger partial charge in [0.05, 0.1) is 18.9 Å². The Balaban J connectivity index is 1.83. The Morgan fingerprint density at radius 1 is 1.22 bits per heavy atom. The number of sulfonamides is 1. The van der Waals surface area contributed by atoms with Crippen LogP contribution < -0.4 is 5.56 Å². The zero-order valence-electron chi connectivity index (χ0n) is 16.1. The molecule has 9 heteroatoms. The molecule has 0 saturated carbocycles. The number of carbonyl (C=O) groups is 1. The van der Waals surface area contributed by atoms with Crippen LogP contribution in [-0.4, -0.2) is 73.2 Å². The molecular weight excluding hydrogens is 370 g/mol. The number of aromatic nitrogens is 1. The first-order chi connectivity index (χ1) is 12.7. The van der Waals surface area contributed by atoms with Crippen LogP contribution in [0.5, 0.6) is 0 Å². The number of amides is 1. The fourth-order valence-corrected chi connectivity index (χ4v) is 4.61. The first-order valence-electron chi connectivity index (χ1n) is 9.25. The molecule has 27 heavy (non-hydrogen) atoms. The molecule has 0 radical (unpaired) electrons. The van der Waals surface area contributed by atoms with Gasteiger partial charge in [-0.15, -0.1) is 0 Å². The van der Waals surface area contributed by atoms with Gasteiger partial charge in [-0.05, 0) is 38.3 Å². The van der Waals surface area contributed by atoms with E-state index >= 15 is 0 Å². The third-order valence-electron chi connectivity index (χ3n) is 5.32. The molecule has 3 heterocycles. The highest BCUT2D eigenvalue weighted by molar-refractivity contribution is 7.88. The number of pyridine rings is 1. The van der Waals surface area contributed by atoms with Crippen LogP contribution in [0.1, 0.15) is 34.5 Å². The molecule has 2 fully saturated rings. The summed E-state index contributed by atoms with van der Waals surface area (Å²) in [4.78, 5) is 27.6. The van der Waals surface area contributed by atoms with Crippen molar-refractivity contribution in [2.75, 3.05) is 39.0 Å². The number of carbonyl (C=O) groups excluding carboxylic acids is 1. The predicted molar refractivity (Wildman–Crippen MR) is 101 cm³/mol. The molecule has 2 saturated heterocycles. The molecule has 2 aliphatic rings. The van der Waals surface area contributed by atoms with Crippen LogP contribution in [0.2, 0.25) is 0 Å². The Morgan fingerprint density at radius 3 is 2.44 bits per heavy atom. The van der Waals surface area contributed by atoms with Crippen LogP contribution in [0.3, 0.4) is 0 Å². The van der Waals surface area contributed by atoms with E-state index in [9.17, 15) is 18.0 Å². The second-order valence-electron chi connectivity index (χ2n) is 7.35. The zero-order chi connectivity index (χ0) is 19.8. The van der Waals surface area contributed by atoms with E-state index in [-0.39, 0.29) is 49.3 Å². The first kappa shape index (κ1) is 20.0. The highest BCUT2D eigenvalue weighted by Gasteiger charge is 2.29. The first-order valence-corrected chi connectivity index (χ1v) is 11.1. The number of rotatable bonds is 4. The van der Waals surface area contributed by atoms with Gasteiger partial charge in [-0.1, -0.05) is 0 Å². The van der Waals surface area contributed by atoms with Gasteiger partial charge >= 0.3 is 0 Å². The van der Waals surface area contributed by atoms with Crippen molar-refractivity contribution in [3.8, 4) is 0 Å². The fourth-order valence-electron chi connectivity index (χ4n) is 3.79. The lowest BCUT2D eigenvalue weighted by atomic mass is 10.1. The molecule has 0 unspecified atom stereocenters. The fraction of sp³-hybridized carbons (Fsp3) is 0.667. The number of hydrogen-bond donors (Lipinski definition) is 0. The maximum absolute atomic E-state index is 13.1. The van der Waals surface area contributed by atoms with Crippen LogP contribution in [0.4, 0.5) is 0 Å². The largest absolute Gasteiger partial charge is 0.376 e. The zero-order valence-corrected chi connectivity index (χ0v) is 16.9. The molecule has 0 spiro atoms. The van der Waals surface area contributed by atoms with Gasteiger partial charge in [-0.2, -0.15) is 4.31 Å². The van der Waals surface area contributed by atoms with Crippen molar-refractivity contribution in [1.82, 2.24) is 13.8 Å². The van der Waals surface area contributed by atoms with E-state index in [4.69, 9.17) is 4.74 Å². The van der Waals surface area contributed by atoms with Crippen LogP contribution in [-0.2, 0) is 21.3 Å². The lowest BCUT2D eigenvalue weighted by Crippen LogP contribution is -2.51. The molecule has 1 atom stereocenters. The van der Waals surface area contributed by atoms with E-state index < -0.39 is 10.0 Å². The Bertz CT molecular complexity index is 879. The monoisotopic (exact) mass is 397 g/mol. The molecule has 8 nitrogen and oxygen atoms in total. The standard InChI is InChI=1S/C18H27N3O5S/c1-13-11-14(2)21(12-15-5-4-10-26-15)18(23)16(13)17(22)19-6-8-20(9-7-19)27(3,24)25/h11,15H,4-10,12H2,1-3H3/t15-/m1/s1. The van der Waals surface area contributed by atoms with Crippen LogP contribution in [0.15, 0.2) is 10.9 Å². The van der Waals surface area contributed by atoms with Crippen molar-refractivity contribution in [2.45, 2.75) is 39.3 Å². The van der Waals surface area contributed by atoms with Crippen molar-refractivity contribution < 1.29 is 17.9 Å². The van der Waals surface area contributed by atoms with Crippen molar-refractivity contribution in [2.24, 2.45) is 0 Å². The quantitative estimate of drug-likeness (QED) is 0.732. The SMILES string of the molecule is Cc1cc(C)n(C[C@H]2CCCO2)c(=O)c1C(=O)N1CCN(S(C)(=O)=O)CC1. The van der Waals surface area contributed by atoms with Crippen molar-refractivity contribution in [3.63, 3.8) is 0 Å². The summed E-state index contributed by atoms with van der Waals surface area (Å²) in [5, 5.41) is 0. The molecule has 0 aromatic carbocycles. The minimum atomic E-state index is -3.27. The Morgan fingerprint density at radius 2 is 1.89 bits per heavy atom. The smallest absolute Gasteiger partial charge is 0.263 e. The average Bonchev–Trinajstić information content (AvgIpc) is 3.11. The van der Waals surface area contributed by atoms with E-state index in [1.165, 1.54) is 10.6 Å². The topological polar surface area (TPSA) is 88.9 Å². The van der Waals surface area contributed by atoms with E-state index in [0.717, 1.165) is 18.5 Å². The third kappa shape index (κ3) is 4.25. The number of nitrogens with zero attached hydrogens (tertiary/aromatic N) is 3. The Kier molecular flexibility index (Phi) is 5.73. The van der Waals surface area contributed by atoms with Gasteiger partial charge in [-0.25, -0.2) is 8.42 Å². The molecule has 150 valence electrons. The van der Waals surface area contributed by atoms with Crippen LogP contribution in [0.25, 0.3) is 0 Å². The lowest BCUT2D eigenvalue weighted by Gasteiger charge is -2.33. The van der Waals surface area contributed by atoms with Gasteiger partial charge in [0, 0.05) is 38.5 Å². The molecule has 1 aromatic rings. The number of hydrogen-bond acceptors (Lipinski definition) is 5. The van der Waals surface area contributed by atoms with Gasteiger partial charge in [0.15, 0.2) is 0 Å². The maximum Gasteiger partial charge on any atom is 0.263 e. The summed E-state index contributed by atoms with van der Waals surface area (Å²) in [5.41, 5.74) is 1.34. The minimum Gasteiger partial charge on any atom is -0.376 e. The highest BCUT2D eigenvalue weighted by atomic mass is 32.2. The van der Waals surface area contributed by atoms with Crippen LogP contribution >= 0.6 is 0 Å². The van der Waals surface area contributed by atoms with Crippen molar-refractivity contribution >= 4 is 15.9 Å². The van der Waals surface area contributed by atoms with E-state index in [2.05, 4.69) is 0 Å². The van der Waals surface area contributed by atoms with Crippen LogP contribution in [0, 0.1) is 13.8 Å². The number of ether oxygens (including phenoxy) is 1. The highest BCUT2D eigenvalue weighted by Crippen LogP contribution is 2.17. The summed E-state index contributed by atoms with van der Waals surface area (Å²) in [6, 6.07) is 1.86. The molecule has 1 amide bonds. The molecule has 2 aliphatic heterocycles. The average molecular weight is 397 g/mol. The summed E-state index contributed by atoms with van der Waals surface area (Å²) in [6.45, 7) is 5.86. The summed E-state index contributed by atoms with van der Waals surface area (Å²) in [5.74, 6) is -0.327. The van der Waals surface area contributed by atoms with E-state index in [0.29, 0.717) is 18.7 Å². The maximum atomic E-state index is 13.1. The lowest BCUT2D eigenvalue weighted by molar-refractivity contribution is 0.0692. The molecule has 0 bridgehead atoms. The molecular formula is C18H27N3O5S. The van der Waals surface area contributed by atoms with Gasteiger partial charge in [0.25, 0.3) is 11.5 Å². The minimum absolute atomic E-state index is 0.00497. The molecule has 3 rings (SSSR count). The molecule has 0 aliphatic carbocycles. The summed E-state index contributed by atoms with van der Waals surface area (Å²) >= 11 is 0. The second-order valence-corrected chi connectivity index (χ2v) is 9.33. The second kappa shape index (κ2) is 7.73. The predicted octanol–water partition coefficient (Wildman–Crippen LogP) is 0.362. The van der Waals surface area contributed by atoms with Gasteiger partial charge in [0.2, 0.25) is 10.0 Å². The normalized spacial score (nSPS) is 21.6. The summed E-state index contributed by atoms with van der Waals surface area (Å²) in [6.07, 6.45) is 3.07. The summed E-state index contributed by atoms with van der Waals surface area (Å²) in [7, 11) is -3.27. The third-order valence-corrected chi connectivity index (χ3v) is 6.63. The molecule has 1 aromatic heterocycles. The summed E-state index contributed by atoms with van der Waals surface area (Å²) < 4.78 is 31.9. The number of aryl methyl sites for hydroxylation is 2. The molecule has 0 N–H and O–H groups in total. The van der Waals surface area contributed by atoms with Crippen molar-refractivity contribution in [3.05, 3.63) is 33.2 Å². The van der Waals surface area contributed by atoms with E-state index in [1.54, 1.807) is 16.4 Å². The Hall–Kier alpha value is -1.71. The Labute approximate surface area is 159 Å². The number of piperazine rings is 1. The van der Waals surface area contributed by atoms with Gasteiger partial charge in [0.1, 0.15) is 5.56 Å². The van der Waals surface area contributed by atoms with Crippen molar-refractivity contribution in [1.29, 1.82) is 0 Å². The van der Waals surface area contributed by atoms with Gasteiger partial charge < -0.3 is 14.2 Å². The van der Waals surface area contributed by atoms with E-state index in [1.807, 2.05) is 13.0 Å².